The third-order valence-electron chi connectivity index (χ3n) is 8.32. The molecule has 1 aliphatic rings. The lowest BCUT2D eigenvalue weighted by Crippen LogP contribution is -2.59. The van der Waals surface area contributed by atoms with Gasteiger partial charge in [0, 0.05) is 24.7 Å². The molecule has 3 aromatic rings. The van der Waals surface area contributed by atoms with Crippen LogP contribution in [0.3, 0.4) is 0 Å². The summed E-state index contributed by atoms with van der Waals surface area (Å²) in [6.07, 6.45) is 0.243. The Morgan fingerprint density at radius 2 is 1.56 bits per heavy atom. The molecule has 0 radical (unpaired) electrons. The number of likely N-dealkylation sites (tertiary alicyclic amines) is 1. The van der Waals surface area contributed by atoms with Crippen LogP contribution in [0.4, 0.5) is 0 Å². The largest absolute Gasteiger partial charge is 0.350 e. The maximum atomic E-state index is 14.2. The lowest BCUT2D eigenvalue weighted by atomic mass is 9.85. The maximum Gasteiger partial charge on any atom is 0.251 e. The van der Waals surface area contributed by atoms with Gasteiger partial charge >= 0.3 is 0 Å². The standard InChI is InChI=1S/C36H45N5O4/c1-23-16-18-26(19-17-23)33(43)39-28-20-30(41(22-28)35(45)31(36(3,4)5)40-32(42)24(2)37-6)34(44)38-21-27-14-10-11-15-29(27)25-12-8-7-9-13-25/h7-19,24,28,30-31,37H,20-22H2,1-6H3,(H,38,44)(H,39,43)(H,40,42)/t24-,28-,30-,31+/m0/s1. The first-order chi connectivity index (χ1) is 21.4. The highest BCUT2D eigenvalue weighted by molar-refractivity contribution is 5.96. The molecule has 4 atom stereocenters. The highest BCUT2D eigenvalue weighted by Gasteiger charge is 2.45. The molecule has 1 heterocycles. The molecular weight excluding hydrogens is 566 g/mol. The highest BCUT2D eigenvalue weighted by atomic mass is 16.2. The summed E-state index contributed by atoms with van der Waals surface area (Å²) in [4.78, 5) is 55.6. The number of likely N-dealkylation sites (N-methyl/N-ethyl adjacent to an activating group) is 1. The van der Waals surface area contributed by atoms with E-state index in [-0.39, 0.29) is 43.1 Å². The quantitative estimate of drug-likeness (QED) is 0.278. The molecule has 238 valence electrons. The van der Waals surface area contributed by atoms with Crippen molar-refractivity contribution in [2.24, 2.45) is 5.41 Å². The first-order valence-electron chi connectivity index (χ1n) is 15.5. The average molecular weight is 612 g/mol. The predicted octanol–water partition coefficient (Wildman–Crippen LogP) is 3.82. The van der Waals surface area contributed by atoms with Crippen molar-refractivity contribution in [3.63, 3.8) is 0 Å². The summed E-state index contributed by atoms with van der Waals surface area (Å²) in [7, 11) is 1.68. The Labute approximate surface area is 266 Å². The molecule has 4 N–H and O–H groups in total. The minimum absolute atomic E-state index is 0.138. The Morgan fingerprint density at radius 1 is 0.911 bits per heavy atom. The first kappa shape index (κ1) is 33.4. The van der Waals surface area contributed by atoms with Crippen LogP contribution in [0.5, 0.6) is 0 Å². The lowest BCUT2D eigenvalue weighted by molar-refractivity contribution is -0.144. The molecule has 1 aliphatic heterocycles. The maximum absolute atomic E-state index is 14.2. The molecule has 0 aliphatic carbocycles. The highest BCUT2D eigenvalue weighted by Crippen LogP contribution is 2.27. The molecule has 0 unspecified atom stereocenters. The van der Waals surface area contributed by atoms with E-state index in [1.165, 1.54) is 4.90 Å². The number of carbonyl (C=O) groups excluding carboxylic acids is 4. The number of aryl methyl sites for hydroxylation is 1. The van der Waals surface area contributed by atoms with Gasteiger partial charge in [-0.2, -0.15) is 0 Å². The minimum atomic E-state index is -0.888. The Bertz CT molecular complexity index is 1500. The summed E-state index contributed by atoms with van der Waals surface area (Å²) in [5.74, 6) is -1.27. The zero-order chi connectivity index (χ0) is 32.7. The number of nitrogens with zero attached hydrogens (tertiary/aromatic N) is 1. The second kappa shape index (κ2) is 14.5. The molecule has 3 aromatic carbocycles. The van der Waals surface area contributed by atoms with Gasteiger partial charge < -0.3 is 26.2 Å². The Morgan fingerprint density at radius 3 is 2.20 bits per heavy atom. The number of rotatable bonds is 10. The van der Waals surface area contributed by atoms with E-state index < -0.39 is 29.6 Å². The molecule has 0 saturated carbocycles. The summed E-state index contributed by atoms with van der Waals surface area (Å²) in [5, 5.41) is 11.9. The molecule has 0 aromatic heterocycles. The smallest absolute Gasteiger partial charge is 0.251 e. The molecule has 0 bridgehead atoms. The molecule has 1 saturated heterocycles. The molecule has 4 rings (SSSR count). The average Bonchev–Trinajstić information content (AvgIpc) is 3.45. The van der Waals surface area contributed by atoms with E-state index in [1.54, 1.807) is 26.1 Å². The summed E-state index contributed by atoms with van der Waals surface area (Å²) < 4.78 is 0. The zero-order valence-electron chi connectivity index (χ0n) is 27.0. The summed E-state index contributed by atoms with van der Waals surface area (Å²) in [6.45, 7) is 9.70. The molecule has 4 amide bonds. The topological polar surface area (TPSA) is 120 Å². The van der Waals surface area contributed by atoms with Crippen molar-refractivity contribution in [3.05, 3.63) is 95.6 Å². The van der Waals surface area contributed by atoms with Crippen molar-refractivity contribution >= 4 is 23.6 Å². The Hall–Kier alpha value is -4.50. The zero-order valence-corrected chi connectivity index (χ0v) is 27.0. The summed E-state index contributed by atoms with van der Waals surface area (Å²) in [6, 6.07) is 22.4. The van der Waals surface area contributed by atoms with Gasteiger partial charge in [-0.05, 0) is 61.6 Å². The molecular formula is C36H45N5O4. The summed E-state index contributed by atoms with van der Waals surface area (Å²) >= 11 is 0. The van der Waals surface area contributed by atoms with Crippen LogP contribution in [-0.4, -0.2) is 66.3 Å². The number of nitrogens with one attached hydrogen (secondary N) is 4. The second-order valence-electron chi connectivity index (χ2n) is 12.8. The van der Waals surface area contributed by atoms with Crippen LogP contribution in [-0.2, 0) is 20.9 Å². The van der Waals surface area contributed by atoms with Gasteiger partial charge in [0.2, 0.25) is 17.7 Å². The van der Waals surface area contributed by atoms with Crippen LogP contribution in [0.2, 0.25) is 0 Å². The van der Waals surface area contributed by atoms with Gasteiger partial charge in [0.25, 0.3) is 5.91 Å². The van der Waals surface area contributed by atoms with Gasteiger partial charge in [-0.15, -0.1) is 0 Å². The van der Waals surface area contributed by atoms with E-state index >= 15 is 0 Å². The fourth-order valence-electron chi connectivity index (χ4n) is 5.49. The minimum Gasteiger partial charge on any atom is -0.350 e. The number of amides is 4. The number of hydrogen-bond acceptors (Lipinski definition) is 5. The first-order valence-corrected chi connectivity index (χ1v) is 15.5. The summed E-state index contributed by atoms with van der Waals surface area (Å²) in [5.41, 5.74) is 3.90. The van der Waals surface area contributed by atoms with Crippen molar-refractivity contribution in [2.75, 3.05) is 13.6 Å². The van der Waals surface area contributed by atoms with Crippen LogP contribution in [0.25, 0.3) is 11.1 Å². The Kier molecular flexibility index (Phi) is 10.8. The normalized spacial score (nSPS) is 17.7. The van der Waals surface area contributed by atoms with Crippen LogP contribution in [0, 0.1) is 12.3 Å². The van der Waals surface area contributed by atoms with E-state index in [4.69, 9.17) is 0 Å². The monoisotopic (exact) mass is 611 g/mol. The van der Waals surface area contributed by atoms with Gasteiger partial charge in [-0.3, -0.25) is 19.2 Å². The SMILES string of the molecule is CN[C@@H](C)C(=O)N[C@H](C(=O)N1C[C@@H](NC(=O)c2ccc(C)cc2)C[C@H]1C(=O)NCc1ccccc1-c1ccccc1)C(C)(C)C. The van der Waals surface area contributed by atoms with Crippen molar-refractivity contribution in [2.45, 2.75) is 71.8 Å². The number of carbonyl (C=O) groups is 4. The molecule has 45 heavy (non-hydrogen) atoms. The van der Waals surface area contributed by atoms with Gasteiger partial charge in [0.1, 0.15) is 12.1 Å². The fourth-order valence-corrected chi connectivity index (χ4v) is 5.49. The molecule has 0 spiro atoms. The van der Waals surface area contributed by atoms with Crippen LogP contribution >= 0.6 is 0 Å². The van der Waals surface area contributed by atoms with E-state index in [1.807, 2.05) is 94.4 Å². The number of benzene rings is 3. The molecule has 9 heteroatoms. The van der Waals surface area contributed by atoms with Crippen molar-refractivity contribution in [1.29, 1.82) is 0 Å². The third-order valence-corrected chi connectivity index (χ3v) is 8.32. The Balaban J connectivity index is 1.58. The van der Waals surface area contributed by atoms with Gasteiger partial charge in [0.15, 0.2) is 0 Å². The van der Waals surface area contributed by atoms with Gasteiger partial charge in [-0.1, -0.05) is 93.1 Å². The van der Waals surface area contributed by atoms with Crippen LogP contribution < -0.4 is 21.3 Å². The van der Waals surface area contributed by atoms with Crippen molar-refractivity contribution in [1.82, 2.24) is 26.2 Å². The predicted molar refractivity (Wildman–Crippen MR) is 176 cm³/mol. The second-order valence-corrected chi connectivity index (χ2v) is 12.8. The van der Waals surface area contributed by atoms with Crippen LogP contribution in [0.1, 0.15) is 55.6 Å². The van der Waals surface area contributed by atoms with Crippen molar-refractivity contribution < 1.29 is 19.2 Å². The third kappa shape index (κ3) is 8.36. The van der Waals surface area contributed by atoms with E-state index in [0.29, 0.717) is 5.56 Å². The van der Waals surface area contributed by atoms with Gasteiger partial charge in [-0.25, -0.2) is 0 Å². The van der Waals surface area contributed by atoms with E-state index in [9.17, 15) is 19.2 Å². The molecule has 9 nitrogen and oxygen atoms in total. The van der Waals surface area contributed by atoms with E-state index in [2.05, 4.69) is 21.3 Å². The van der Waals surface area contributed by atoms with Crippen molar-refractivity contribution in [3.8, 4) is 11.1 Å². The van der Waals surface area contributed by atoms with Crippen LogP contribution in [0.15, 0.2) is 78.9 Å². The molecule has 1 fully saturated rings. The van der Waals surface area contributed by atoms with Gasteiger partial charge in [0.05, 0.1) is 6.04 Å². The van der Waals surface area contributed by atoms with E-state index in [0.717, 1.165) is 22.3 Å². The lowest BCUT2D eigenvalue weighted by Gasteiger charge is -2.36. The number of hydrogen-bond donors (Lipinski definition) is 4. The fraction of sp³-hybridized carbons (Fsp3) is 0.389.